The fourth-order valence-electron chi connectivity index (χ4n) is 3.24. The predicted octanol–water partition coefficient (Wildman–Crippen LogP) is 5.23. The van der Waals surface area contributed by atoms with Crippen molar-refractivity contribution >= 4 is 32.3 Å². The SMILES string of the molecule is C=CCCc1ccc(-c2c(O)ccc3[nH]c(=O)c4sccc4c23)cc1. The van der Waals surface area contributed by atoms with Crippen molar-refractivity contribution in [2.75, 3.05) is 0 Å². The topological polar surface area (TPSA) is 53.1 Å². The molecule has 2 N–H and O–H groups in total. The molecule has 4 aromatic rings. The predicted molar refractivity (Wildman–Crippen MR) is 106 cm³/mol. The number of fused-ring (bicyclic) bond motifs is 3. The first-order valence-corrected chi connectivity index (χ1v) is 9.02. The number of aryl methyl sites for hydroxylation is 1. The van der Waals surface area contributed by atoms with Crippen LogP contribution >= 0.6 is 11.3 Å². The van der Waals surface area contributed by atoms with Crippen LogP contribution in [-0.2, 0) is 6.42 Å². The van der Waals surface area contributed by atoms with E-state index in [0.29, 0.717) is 4.70 Å². The molecule has 2 aromatic carbocycles. The molecule has 0 atom stereocenters. The molecule has 0 aliphatic heterocycles. The lowest BCUT2D eigenvalue weighted by molar-refractivity contribution is 0.478. The lowest BCUT2D eigenvalue weighted by Gasteiger charge is -2.11. The minimum Gasteiger partial charge on any atom is -0.507 e. The molecule has 2 heterocycles. The summed E-state index contributed by atoms with van der Waals surface area (Å²) in [7, 11) is 0. The summed E-state index contributed by atoms with van der Waals surface area (Å²) >= 11 is 1.42. The van der Waals surface area contributed by atoms with Gasteiger partial charge in [-0.15, -0.1) is 17.9 Å². The van der Waals surface area contributed by atoms with Gasteiger partial charge in [0, 0.05) is 21.9 Å². The van der Waals surface area contributed by atoms with E-state index in [9.17, 15) is 9.90 Å². The van der Waals surface area contributed by atoms with Gasteiger partial charge in [0.1, 0.15) is 10.4 Å². The van der Waals surface area contributed by atoms with Crippen LogP contribution in [0.25, 0.3) is 32.1 Å². The van der Waals surface area contributed by atoms with Crippen LogP contribution in [0.5, 0.6) is 5.75 Å². The normalized spacial score (nSPS) is 11.2. The van der Waals surface area contributed by atoms with Gasteiger partial charge in [-0.3, -0.25) is 4.79 Å². The van der Waals surface area contributed by atoms with E-state index in [-0.39, 0.29) is 11.3 Å². The molecule has 0 fully saturated rings. The summed E-state index contributed by atoms with van der Waals surface area (Å²) in [5, 5.41) is 14.2. The molecule has 0 aliphatic rings. The highest BCUT2D eigenvalue weighted by molar-refractivity contribution is 7.17. The maximum Gasteiger partial charge on any atom is 0.266 e. The monoisotopic (exact) mass is 347 g/mol. The Morgan fingerprint density at radius 3 is 2.68 bits per heavy atom. The number of phenolic OH excluding ortho intramolecular Hbond substituents is 1. The van der Waals surface area contributed by atoms with Crippen LogP contribution in [0.2, 0.25) is 0 Å². The van der Waals surface area contributed by atoms with E-state index < -0.39 is 0 Å². The number of aromatic hydroxyl groups is 1. The van der Waals surface area contributed by atoms with Crippen molar-refractivity contribution in [3.63, 3.8) is 0 Å². The van der Waals surface area contributed by atoms with E-state index in [0.717, 1.165) is 40.3 Å². The van der Waals surface area contributed by atoms with Gasteiger partial charge >= 0.3 is 0 Å². The molecule has 124 valence electrons. The van der Waals surface area contributed by atoms with Gasteiger partial charge in [-0.1, -0.05) is 30.3 Å². The summed E-state index contributed by atoms with van der Waals surface area (Å²) in [6.45, 7) is 3.76. The fourth-order valence-corrected chi connectivity index (χ4v) is 4.03. The van der Waals surface area contributed by atoms with Crippen molar-refractivity contribution in [3.05, 3.63) is 76.4 Å². The summed E-state index contributed by atoms with van der Waals surface area (Å²) < 4.78 is 0.682. The molecule has 3 nitrogen and oxygen atoms in total. The Bertz CT molecular complexity index is 1140. The lowest BCUT2D eigenvalue weighted by Crippen LogP contribution is -2.04. The molecule has 0 bridgehead atoms. The number of allylic oxidation sites excluding steroid dienone is 1. The van der Waals surface area contributed by atoms with Gasteiger partial charge in [0.25, 0.3) is 5.56 Å². The Morgan fingerprint density at radius 2 is 1.92 bits per heavy atom. The van der Waals surface area contributed by atoms with Gasteiger partial charge in [0.05, 0.1) is 0 Å². The number of benzene rings is 2. The minimum absolute atomic E-state index is 0.0890. The van der Waals surface area contributed by atoms with Crippen molar-refractivity contribution in [2.24, 2.45) is 0 Å². The summed E-state index contributed by atoms with van der Waals surface area (Å²) in [5.74, 6) is 0.214. The van der Waals surface area contributed by atoms with E-state index in [4.69, 9.17) is 0 Å². The van der Waals surface area contributed by atoms with Gasteiger partial charge in [0.15, 0.2) is 0 Å². The maximum atomic E-state index is 12.2. The van der Waals surface area contributed by atoms with E-state index in [2.05, 4.69) is 23.7 Å². The van der Waals surface area contributed by atoms with Crippen molar-refractivity contribution in [1.82, 2.24) is 4.98 Å². The van der Waals surface area contributed by atoms with Crippen LogP contribution in [0.15, 0.2) is 65.3 Å². The Labute approximate surface area is 148 Å². The first kappa shape index (κ1) is 15.7. The zero-order valence-corrected chi connectivity index (χ0v) is 14.4. The molecule has 0 spiro atoms. The molecule has 0 unspecified atom stereocenters. The molecule has 4 rings (SSSR count). The Morgan fingerprint density at radius 1 is 1.12 bits per heavy atom. The quantitative estimate of drug-likeness (QED) is 0.496. The number of H-pyrrole nitrogens is 1. The van der Waals surface area contributed by atoms with Crippen LogP contribution in [-0.4, -0.2) is 10.1 Å². The third-order valence-electron chi connectivity index (χ3n) is 4.45. The summed E-state index contributed by atoms with van der Waals surface area (Å²) in [4.78, 5) is 15.1. The number of thiophene rings is 1. The average Bonchev–Trinajstić information content (AvgIpc) is 3.12. The highest BCUT2D eigenvalue weighted by atomic mass is 32.1. The van der Waals surface area contributed by atoms with E-state index in [1.807, 2.05) is 29.7 Å². The van der Waals surface area contributed by atoms with Crippen molar-refractivity contribution in [1.29, 1.82) is 0 Å². The minimum atomic E-state index is -0.0890. The number of rotatable bonds is 4. The molecule has 4 heteroatoms. The molecule has 25 heavy (non-hydrogen) atoms. The largest absolute Gasteiger partial charge is 0.507 e. The Hall–Kier alpha value is -2.85. The zero-order chi connectivity index (χ0) is 17.4. The smallest absolute Gasteiger partial charge is 0.266 e. The van der Waals surface area contributed by atoms with E-state index in [1.165, 1.54) is 16.9 Å². The first-order chi connectivity index (χ1) is 12.2. The van der Waals surface area contributed by atoms with Crippen molar-refractivity contribution in [2.45, 2.75) is 12.8 Å². The van der Waals surface area contributed by atoms with Crippen molar-refractivity contribution < 1.29 is 5.11 Å². The molecule has 0 saturated heterocycles. The second-order valence-electron chi connectivity index (χ2n) is 6.02. The number of hydrogen-bond acceptors (Lipinski definition) is 3. The van der Waals surface area contributed by atoms with E-state index >= 15 is 0 Å². The van der Waals surface area contributed by atoms with Crippen LogP contribution in [0.3, 0.4) is 0 Å². The molecular weight excluding hydrogens is 330 g/mol. The first-order valence-electron chi connectivity index (χ1n) is 8.14. The number of pyridine rings is 1. The average molecular weight is 347 g/mol. The third-order valence-corrected chi connectivity index (χ3v) is 5.37. The number of phenols is 1. The zero-order valence-electron chi connectivity index (χ0n) is 13.6. The van der Waals surface area contributed by atoms with Gasteiger partial charge in [-0.25, -0.2) is 0 Å². The van der Waals surface area contributed by atoms with Crippen LogP contribution < -0.4 is 5.56 Å². The molecule has 0 saturated carbocycles. The second kappa shape index (κ2) is 6.22. The molecule has 0 radical (unpaired) electrons. The Balaban J connectivity index is 1.97. The second-order valence-corrected chi connectivity index (χ2v) is 6.94. The number of nitrogens with one attached hydrogen (secondary N) is 1. The summed E-state index contributed by atoms with van der Waals surface area (Å²) in [6.07, 6.45) is 3.80. The number of aromatic amines is 1. The number of hydrogen-bond donors (Lipinski definition) is 2. The molecule has 2 aromatic heterocycles. The van der Waals surface area contributed by atoms with Gasteiger partial charge in [-0.2, -0.15) is 0 Å². The van der Waals surface area contributed by atoms with Gasteiger partial charge < -0.3 is 10.1 Å². The maximum absolute atomic E-state index is 12.2. The van der Waals surface area contributed by atoms with Gasteiger partial charge in [-0.05, 0) is 47.5 Å². The van der Waals surface area contributed by atoms with Crippen molar-refractivity contribution in [3.8, 4) is 16.9 Å². The van der Waals surface area contributed by atoms with E-state index in [1.54, 1.807) is 12.1 Å². The number of aromatic nitrogens is 1. The highest BCUT2D eigenvalue weighted by Crippen LogP contribution is 2.39. The molecule has 0 amide bonds. The van der Waals surface area contributed by atoms with Gasteiger partial charge in [0.2, 0.25) is 0 Å². The summed E-state index contributed by atoms with van der Waals surface area (Å²) in [6, 6.07) is 13.5. The standard InChI is InChI=1S/C21H17NO2S/c1-2-3-4-13-5-7-14(8-6-13)18-17(23)10-9-16-19(18)15-11-12-25-20(15)21(24)22-16/h2,5-12,23H,1,3-4H2,(H,22,24). The molecule has 0 aliphatic carbocycles. The Kier molecular flexibility index (Phi) is 3.90. The summed E-state index contributed by atoms with van der Waals surface area (Å²) in [5.41, 5.74) is 3.57. The molecular formula is C21H17NO2S. The van der Waals surface area contributed by atoms with Crippen LogP contribution in [0.4, 0.5) is 0 Å². The lowest BCUT2D eigenvalue weighted by atomic mass is 9.96. The highest BCUT2D eigenvalue weighted by Gasteiger charge is 2.15. The van der Waals surface area contributed by atoms with Crippen LogP contribution in [0, 0.1) is 0 Å². The van der Waals surface area contributed by atoms with Crippen LogP contribution in [0.1, 0.15) is 12.0 Å². The fraction of sp³-hybridized carbons (Fsp3) is 0.0952. The third kappa shape index (κ3) is 2.65.